The zero-order valence-corrected chi connectivity index (χ0v) is 9.55. The van der Waals surface area contributed by atoms with Gasteiger partial charge in [-0.1, -0.05) is 0 Å². The Hall–Kier alpha value is -1.95. The predicted octanol–water partition coefficient (Wildman–Crippen LogP) is 2.38. The van der Waals surface area contributed by atoms with Crippen molar-refractivity contribution < 1.29 is 13.9 Å². The van der Waals surface area contributed by atoms with Crippen LogP contribution in [0.5, 0.6) is 0 Å². The molecule has 0 saturated carbocycles. The molecule has 6 heteroatoms. The van der Waals surface area contributed by atoms with Crippen molar-refractivity contribution in [2.45, 2.75) is 19.7 Å². The van der Waals surface area contributed by atoms with Gasteiger partial charge < -0.3 is 10.4 Å². The Morgan fingerprint density at radius 3 is 2.94 bits per heavy atom. The average Bonchev–Trinajstić information content (AvgIpc) is 2.85. The molecule has 0 aliphatic rings. The number of nitrogens with zero attached hydrogens (tertiary/aromatic N) is 2. The maximum atomic E-state index is 12.6. The van der Waals surface area contributed by atoms with E-state index in [-0.39, 0.29) is 13.2 Å². The summed E-state index contributed by atoms with van der Waals surface area (Å²) >= 11 is 0. The number of aromatic nitrogens is 2. The van der Waals surface area contributed by atoms with Crippen LogP contribution in [0.3, 0.4) is 0 Å². The molecule has 0 aliphatic carbocycles. The number of nitrogens with one attached hydrogen (secondary N) is 1. The van der Waals surface area contributed by atoms with Gasteiger partial charge in [-0.25, -0.2) is 0 Å². The van der Waals surface area contributed by atoms with E-state index in [4.69, 9.17) is 5.11 Å². The van der Waals surface area contributed by atoms with Crippen LogP contribution < -0.4 is 5.32 Å². The van der Waals surface area contributed by atoms with E-state index in [0.717, 1.165) is 4.57 Å². The highest BCUT2D eigenvalue weighted by Crippen LogP contribution is 2.18. The number of rotatable bonds is 5. The lowest BCUT2D eigenvalue weighted by molar-refractivity contribution is 0.0680. The smallest absolute Gasteiger partial charge is 0.318 e. The van der Waals surface area contributed by atoms with Crippen LogP contribution in [0, 0.1) is 0 Å². The second-order valence-corrected chi connectivity index (χ2v) is 3.73. The number of alkyl halides is 2. The Kier molecular flexibility index (Phi) is 3.88. The third kappa shape index (κ3) is 2.65. The molecule has 0 fully saturated rings. The van der Waals surface area contributed by atoms with Crippen molar-refractivity contribution in [1.29, 1.82) is 0 Å². The molecule has 0 saturated heterocycles. The van der Waals surface area contributed by atoms with Gasteiger partial charge in [0.2, 0.25) is 0 Å². The van der Waals surface area contributed by atoms with Crippen molar-refractivity contribution in [2.75, 3.05) is 5.32 Å². The summed E-state index contributed by atoms with van der Waals surface area (Å²) in [6.45, 7) is -2.43. The number of aliphatic hydroxyl groups is 1. The molecule has 0 aromatic carbocycles. The van der Waals surface area contributed by atoms with Gasteiger partial charge in [0.1, 0.15) is 0 Å². The fraction of sp³-hybridized carbons (Fsp3) is 0.250. The van der Waals surface area contributed by atoms with Crippen molar-refractivity contribution in [3.05, 3.63) is 48.0 Å². The molecule has 2 rings (SSSR count). The van der Waals surface area contributed by atoms with Crippen molar-refractivity contribution in [1.82, 2.24) is 9.55 Å². The van der Waals surface area contributed by atoms with Crippen LogP contribution in [-0.4, -0.2) is 14.7 Å². The molecule has 0 atom stereocenters. The maximum Gasteiger partial charge on any atom is 0.318 e. The highest BCUT2D eigenvalue weighted by atomic mass is 19.3. The summed E-state index contributed by atoms with van der Waals surface area (Å²) < 4.78 is 26.1. The van der Waals surface area contributed by atoms with Crippen molar-refractivity contribution in [2.24, 2.45) is 0 Å². The molecule has 2 N–H and O–H groups in total. The Morgan fingerprint density at radius 1 is 1.39 bits per heavy atom. The Bertz CT molecular complexity index is 514. The summed E-state index contributed by atoms with van der Waals surface area (Å²) in [5.74, 6) is 0. The number of aliphatic hydroxyl groups excluding tert-OH is 1. The first-order valence-electron chi connectivity index (χ1n) is 5.44. The van der Waals surface area contributed by atoms with E-state index in [9.17, 15) is 8.78 Å². The normalized spacial score (nSPS) is 10.9. The second-order valence-electron chi connectivity index (χ2n) is 3.73. The Balaban J connectivity index is 2.09. The number of hydrogen-bond donors (Lipinski definition) is 2. The predicted molar refractivity (Wildman–Crippen MR) is 63.2 cm³/mol. The van der Waals surface area contributed by atoms with E-state index in [1.165, 1.54) is 6.20 Å². The van der Waals surface area contributed by atoms with Crippen LogP contribution >= 0.6 is 0 Å². The molecule has 0 bridgehead atoms. The fourth-order valence-corrected chi connectivity index (χ4v) is 1.68. The van der Waals surface area contributed by atoms with Gasteiger partial charge in [0.05, 0.1) is 25.0 Å². The van der Waals surface area contributed by atoms with E-state index in [0.29, 0.717) is 16.9 Å². The number of pyridine rings is 1. The average molecular weight is 253 g/mol. The van der Waals surface area contributed by atoms with Crippen molar-refractivity contribution >= 4 is 5.69 Å². The highest BCUT2D eigenvalue weighted by molar-refractivity contribution is 5.48. The largest absolute Gasteiger partial charge is 0.392 e. The molecule has 0 unspecified atom stereocenters. The second kappa shape index (κ2) is 5.59. The summed E-state index contributed by atoms with van der Waals surface area (Å²) in [5.41, 5.74) is 1.79. The number of anilines is 1. The van der Waals surface area contributed by atoms with Gasteiger partial charge in [0.25, 0.3) is 0 Å². The standard InChI is InChI=1S/C12H13F2N3O/c13-12(14)17-5-1-2-10(17)6-16-11-7-15-4-3-9(11)8-18/h1-5,7,12,16,18H,6,8H2. The van der Waals surface area contributed by atoms with Crippen molar-refractivity contribution in [3.8, 4) is 0 Å². The summed E-state index contributed by atoms with van der Waals surface area (Å²) in [4.78, 5) is 3.92. The van der Waals surface area contributed by atoms with Gasteiger partial charge in [-0.15, -0.1) is 0 Å². The quantitative estimate of drug-likeness (QED) is 0.860. The lowest BCUT2D eigenvalue weighted by Crippen LogP contribution is -2.09. The third-order valence-electron chi connectivity index (χ3n) is 2.62. The lowest BCUT2D eigenvalue weighted by atomic mass is 10.2. The van der Waals surface area contributed by atoms with E-state index >= 15 is 0 Å². The molecule has 0 aliphatic heterocycles. The molecule has 0 spiro atoms. The van der Waals surface area contributed by atoms with Crippen LogP contribution in [-0.2, 0) is 13.2 Å². The highest BCUT2D eigenvalue weighted by Gasteiger charge is 2.09. The van der Waals surface area contributed by atoms with Crippen LogP contribution in [0.2, 0.25) is 0 Å². The van der Waals surface area contributed by atoms with Gasteiger partial charge >= 0.3 is 6.55 Å². The molecule has 2 aromatic rings. The minimum Gasteiger partial charge on any atom is -0.392 e. The molecule has 2 aromatic heterocycles. The topological polar surface area (TPSA) is 50.1 Å². The first-order valence-corrected chi connectivity index (χ1v) is 5.44. The lowest BCUT2D eigenvalue weighted by Gasteiger charge is -2.12. The zero-order valence-electron chi connectivity index (χ0n) is 9.55. The van der Waals surface area contributed by atoms with E-state index in [1.54, 1.807) is 30.6 Å². The van der Waals surface area contributed by atoms with Crippen LogP contribution in [0.1, 0.15) is 17.8 Å². The van der Waals surface area contributed by atoms with Gasteiger partial charge in [-0.3, -0.25) is 9.55 Å². The van der Waals surface area contributed by atoms with Gasteiger partial charge in [0, 0.05) is 23.7 Å². The molecule has 18 heavy (non-hydrogen) atoms. The Labute approximate surface area is 103 Å². The molecule has 2 heterocycles. The first kappa shape index (κ1) is 12.5. The summed E-state index contributed by atoms with van der Waals surface area (Å²) in [6.07, 6.45) is 4.46. The van der Waals surface area contributed by atoms with Crippen LogP contribution in [0.4, 0.5) is 14.5 Å². The summed E-state index contributed by atoms with van der Waals surface area (Å²) in [5, 5.41) is 12.1. The van der Waals surface area contributed by atoms with Crippen molar-refractivity contribution in [3.63, 3.8) is 0 Å². The molecule has 0 radical (unpaired) electrons. The summed E-state index contributed by atoms with van der Waals surface area (Å²) in [6, 6.07) is 4.86. The van der Waals surface area contributed by atoms with E-state index < -0.39 is 6.55 Å². The van der Waals surface area contributed by atoms with Gasteiger partial charge in [-0.05, 0) is 18.2 Å². The fourth-order valence-electron chi connectivity index (χ4n) is 1.68. The Morgan fingerprint density at radius 2 is 2.22 bits per heavy atom. The minimum atomic E-state index is -2.55. The monoisotopic (exact) mass is 253 g/mol. The molecule has 96 valence electrons. The third-order valence-corrected chi connectivity index (χ3v) is 2.62. The molecule has 4 nitrogen and oxygen atoms in total. The number of halogens is 2. The first-order chi connectivity index (χ1) is 8.72. The van der Waals surface area contributed by atoms with Gasteiger partial charge in [-0.2, -0.15) is 8.78 Å². The minimum absolute atomic E-state index is 0.124. The molecular weight excluding hydrogens is 240 g/mol. The zero-order chi connectivity index (χ0) is 13.0. The van der Waals surface area contributed by atoms with Crippen LogP contribution in [0.15, 0.2) is 36.8 Å². The SMILES string of the molecule is OCc1ccncc1NCc1cccn1C(F)F. The van der Waals surface area contributed by atoms with E-state index in [2.05, 4.69) is 10.3 Å². The van der Waals surface area contributed by atoms with Gasteiger partial charge in [0.15, 0.2) is 0 Å². The summed E-state index contributed by atoms with van der Waals surface area (Å²) in [7, 11) is 0. The molecule has 0 amide bonds. The molecular formula is C12H13F2N3O. The van der Waals surface area contributed by atoms with Crippen LogP contribution in [0.25, 0.3) is 0 Å². The number of hydrogen-bond acceptors (Lipinski definition) is 3. The maximum absolute atomic E-state index is 12.6. The van der Waals surface area contributed by atoms with E-state index in [1.807, 2.05) is 0 Å².